The van der Waals surface area contributed by atoms with Crippen LogP contribution in [-0.4, -0.2) is 46.3 Å². The minimum atomic E-state index is 0.00740. The molecule has 6 nitrogen and oxygen atoms in total. The van der Waals surface area contributed by atoms with Gasteiger partial charge in [0.1, 0.15) is 0 Å². The first-order chi connectivity index (χ1) is 16.1. The van der Waals surface area contributed by atoms with Gasteiger partial charge >= 0.3 is 0 Å². The van der Waals surface area contributed by atoms with Crippen LogP contribution in [0, 0.1) is 12.8 Å². The summed E-state index contributed by atoms with van der Waals surface area (Å²) < 4.78 is 6.45. The summed E-state index contributed by atoms with van der Waals surface area (Å²) in [6.45, 7) is 5.03. The highest BCUT2D eigenvalue weighted by atomic mass is 79.9. The van der Waals surface area contributed by atoms with Crippen LogP contribution < -0.4 is 5.32 Å². The molecule has 2 heterocycles. The van der Waals surface area contributed by atoms with Crippen molar-refractivity contribution >= 4 is 33.6 Å². The van der Waals surface area contributed by atoms with Gasteiger partial charge in [-0.3, -0.25) is 9.69 Å². The molecule has 0 spiro atoms. The van der Waals surface area contributed by atoms with E-state index in [-0.39, 0.29) is 11.8 Å². The lowest BCUT2D eigenvalue weighted by Gasteiger charge is -2.30. The number of benzene rings is 2. The Morgan fingerprint density at radius 1 is 1.27 bits per heavy atom. The van der Waals surface area contributed by atoms with Gasteiger partial charge in [0, 0.05) is 34.6 Å². The lowest BCUT2D eigenvalue weighted by atomic mass is 9.97. The van der Waals surface area contributed by atoms with Gasteiger partial charge in [0.25, 0.3) is 0 Å². The maximum Gasteiger partial charge on any atom is 0.241 e. The summed E-state index contributed by atoms with van der Waals surface area (Å²) in [7, 11) is 0. The predicted octanol–water partition coefficient (Wildman–Crippen LogP) is 5.07. The molecule has 1 N–H and O–H groups in total. The molecule has 0 bridgehead atoms. The average molecular weight is 530 g/mol. The number of carbonyl (C=O) groups excluding carboxylic acids is 1. The summed E-state index contributed by atoms with van der Waals surface area (Å²) in [6.07, 6.45) is 1.92. The van der Waals surface area contributed by atoms with Crippen LogP contribution in [0.5, 0.6) is 0 Å². The lowest BCUT2D eigenvalue weighted by Crippen LogP contribution is -2.43. The molecule has 174 valence electrons. The van der Waals surface area contributed by atoms with Gasteiger partial charge in [-0.25, -0.2) is 0 Å². The molecule has 1 unspecified atom stereocenters. The molecule has 0 aliphatic carbocycles. The average Bonchev–Trinajstić information content (AvgIpc) is 3.27. The van der Waals surface area contributed by atoms with Crippen LogP contribution in [0.15, 0.2) is 57.5 Å². The first-order valence-electron chi connectivity index (χ1n) is 11.3. The summed E-state index contributed by atoms with van der Waals surface area (Å²) in [5.74, 6) is 3.21. The monoisotopic (exact) mass is 528 g/mol. The molecule has 3 aromatic rings. The number of nitrogens with one attached hydrogen (secondary N) is 1. The van der Waals surface area contributed by atoms with Gasteiger partial charge in [-0.2, -0.15) is 16.7 Å². The van der Waals surface area contributed by atoms with Crippen molar-refractivity contribution in [1.29, 1.82) is 0 Å². The molecule has 1 amide bonds. The normalized spacial score (nSPS) is 16.6. The molecule has 0 saturated carbocycles. The molecule has 4 rings (SSSR count). The van der Waals surface area contributed by atoms with Crippen LogP contribution in [0.25, 0.3) is 11.4 Å². The van der Waals surface area contributed by atoms with Crippen molar-refractivity contribution in [3.05, 3.63) is 70.0 Å². The molecular weight excluding hydrogens is 500 g/mol. The fourth-order valence-corrected chi connectivity index (χ4v) is 5.26. The van der Waals surface area contributed by atoms with Crippen molar-refractivity contribution in [1.82, 2.24) is 20.4 Å². The number of rotatable bonds is 9. The van der Waals surface area contributed by atoms with E-state index in [0.717, 1.165) is 47.5 Å². The fourth-order valence-electron chi connectivity index (χ4n) is 4.05. The first-order valence-corrected chi connectivity index (χ1v) is 13.2. The topological polar surface area (TPSA) is 71.3 Å². The van der Waals surface area contributed by atoms with Gasteiger partial charge in [0.2, 0.25) is 17.6 Å². The Morgan fingerprint density at radius 2 is 2.15 bits per heavy atom. The minimum absolute atomic E-state index is 0.00740. The number of carbonyl (C=O) groups is 1. The van der Waals surface area contributed by atoms with Crippen molar-refractivity contribution in [2.24, 2.45) is 5.92 Å². The molecule has 2 aromatic carbocycles. The SMILES string of the molecule is Cc1cccc(CSCCNC(=O)C2CCCN(Cc3nc(-c4cccc(Br)c4)no3)C2)c1. The van der Waals surface area contributed by atoms with Gasteiger partial charge in [0.05, 0.1) is 12.5 Å². The van der Waals surface area contributed by atoms with E-state index in [2.05, 4.69) is 67.5 Å². The third kappa shape index (κ3) is 7.16. The zero-order valence-corrected chi connectivity index (χ0v) is 21.2. The zero-order valence-electron chi connectivity index (χ0n) is 18.8. The third-order valence-corrected chi connectivity index (χ3v) is 7.21. The number of likely N-dealkylation sites (tertiary alicyclic amines) is 1. The zero-order chi connectivity index (χ0) is 23.0. The number of aromatic nitrogens is 2. The van der Waals surface area contributed by atoms with Gasteiger partial charge < -0.3 is 9.84 Å². The van der Waals surface area contributed by atoms with Crippen LogP contribution in [-0.2, 0) is 17.1 Å². The molecule has 1 aliphatic rings. The molecule has 0 radical (unpaired) electrons. The number of halogens is 1. The number of hydrogen-bond acceptors (Lipinski definition) is 6. The van der Waals surface area contributed by atoms with Crippen molar-refractivity contribution in [2.75, 3.05) is 25.4 Å². The Kier molecular flexibility index (Phi) is 8.58. The Labute approximate surface area is 207 Å². The highest BCUT2D eigenvalue weighted by molar-refractivity contribution is 9.10. The van der Waals surface area contributed by atoms with Crippen molar-refractivity contribution in [2.45, 2.75) is 32.1 Å². The smallest absolute Gasteiger partial charge is 0.241 e. The van der Waals surface area contributed by atoms with E-state index in [0.29, 0.717) is 24.8 Å². The molecule has 33 heavy (non-hydrogen) atoms. The van der Waals surface area contributed by atoms with E-state index in [1.165, 1.54) is 11.1 Å². The molecule has 1 atom stereocenters. The highest BCUT2D eigenvalue weighted by Gasteiger charge is 2.26. The van der Waals surface area contributed by atoms with E-state index in [4.69, 9.17) is 4.52 Å². The van der Waals surface area contributed by atoms with E-state index in [9.17, 15) is 4.79 Å². The lowest BCUT2D eigenvalue weighted by molar-refractivity contribution is -0.126. The minimum Gasteiger partial charge on any atom is -0.355 e. The second kappa shape index (κ2) is 11.8. The Balaban J connectivity index is 1.20. The second-order valence-corrected chi connectivity index (χ2v) is 10.4. The maximum absolute atomic E-state index is 12.7. The number of thioether (sulfide) groups is 1. The number of piperidine rings is 1. The number of aryl methyl sites for hydroxylation is 1. The standard InChI is InChI=1S/C25H29BrN4O2S/c1-18-5-2-6-19(13-18)17-33-12-10-27-25(31)21-8-4-11-30(15-21)16-23-28-24(29-32-23)20-7-3-9-22(26)14-20/h2-3,5-7,9,13-14,21H,4,8,10-12,15-17H2,1H3,(H,27,31). The Bertz CT molecular complexity index is 1070. The van der Waals surface area contributed by atoms with E-state index in [1.807, 2.05) is 36.0 Å². The maximum atomic E-state index is 12.7. The number of nitrogens with zero attached hydrogens (tertiary/aromatic N) is 3. The quantitative estimate of drug-likeness (QED) is 0.391. The van der Waals surface area contributed by atoms with Crippen LogP contribution >= 0.6 is 27.7 Å². The third-order valence-electron chi connectivity index (χ3n) is 5.68. The molecule has 1 fully saturated rings. The summed E-state index contributed by atoms with van der Waals surface area (Å²) in [4.78, 5) is 19.5. The number of amides is 1. The van der Waals surface area contributed by atoms with Gasteiger partial charge in [0.15, 0.2) is 0 Å². The number of hydrogen-bond donors (Lipinski definition) is 1. The van der Waals surface area contributed by atoms with Crippen LogP contribution in [0.1, 0.15) is 29.9 Å². The molecule has 1 aliphatic heterocycles. The van der Waals surface area contributed by atoms with Crippen molar-refractivity contribution in [3.8, 4) is 11.4 Å². The van der Waals surface area contributed by atoms with Crippen LogP contribution in [0.3, 0.4) is 0 Å². The summed E-state index contributed by atoms with van der Waals surface area (Å²) in [5, 5.41) is 7.24. The van der Waals surface area contributed by atoms with Crippen LogP contribution in [0.4, 0.5) is 0 Å². The summed E-state index contributed by atoms with van der Waals surface area (Å²) in [5.41, 5.74) is 3.53. The van der Waals surface area contributed by atoms with E-state index < -0.39 is 0 Å². The highest BCUT2D eigenvalue weighted by Crippen LogP contribution is 2.22. The Hall–Kier alpha value is -2.16. The molecule has 8 heteroatoms. The first kappa shape index (κ1) is 24.0. The van der Waals surface area contributed by atoms with Crippen molar-refractivity contribution in [3.63, 3.8) is 0 Å². The van der Waals surface area contributed by atoms with Crippen molar-refractivity contribution < 1.29 is 9.32 Å². The fraction of sp³-hybridized carbons (Fsp3) is 0.400. The van der Waals surface area contributed by atoms with E-state index >= 15 is 0 Å². The van der Waals surface area contributed by atoms with Gasteiger partial charge in [-0.05, 0) is 44.0 Å². The second-order valence-electron chi connectivity index (χ2n) is 8.43. The predicted molar refractivity (Wildman–Crippen MR) is 136 cm³/mol. The molecule has 1 aromatic heterocycles. The molecular formula is C25H29BrN4O2S. The largest absolute Gasteiger partial charge is 0.355 e. The Morgan fingerprint density at radius 3 is 3.00 bits per heavy atom. The van der Waals surface area contributed by atoms with E-state index in [1.54, 1.807) is 0 Å². The summed E-state index contributed by atoms with van der Waals surface area (Å²) in [6, 6.07) is 16.4. The van der Waals surface area contributed by atoms with Gasteiger partial charge in [-0.1, -0.05) is 63.0 Å². The van der Waals surface area contributed by atoms with Crippen LogP contribution in [0.2, 0.25) is 0 Å². The molecule has 1 saturated heterocycles. The van der Waals surface area contributed by atoms with Gasteiger partial charge in [-0.15, -0.1) is 0 Å². The summed E-state index contributed by atoms with van der Waals surface area (Å²) >= 11 is 5.32.